The van der Waals surface area contributed by atoms with Gasteiger partial charge in [0, 0.05) is 52.5 Å². The molecule has 1 fully saturated rings. The summed E-state index contributed by atoms with van der Waals surface area (Å²) in [6.45, 7) is 1.68. The van der Waals surface area contributed by atoms with Gasteiger partial charge in [-0.2, -0.15) is 10.1 Å². The standard InChI is InChI=1S/C17H25N7O/c1-22(2)14-9-10-18-17(20-14)19-12-13-6-4-5-11-24(13)15-7-8-16(25)23(3)21-15/h7-10,13H,4-6,11-12H2,1-3H3,(H,18,19,20). The molecular weight excluding hydrogens is 318 g/mol. The molecule has 8 heteroatoms. The molecule has 1 atom stereocenters. The summed E-state index contributed by atoms with van der Waals surface area (Å²) in [7, 11) is 5.60. The van der Waals surface area contributed by atoms with Crippen molar-refractivity contribution in [2.45, 2.75) is 25.3 Å². The van der Waals surface area contributed by atoms with E-state index in [4.69, 9.17) is 0 Å². The van der Waals surface area contributed by atoms with Crippen LogP contribution in [0.25, 0.3) is 0 Å². The summed E-state index contributed by atoms with van der Waals surface area (Å²) < 4.78 is 1.39. The van der Waals surface area contributed by atoms with E-state index in [1.165, 1.54) is 11.1 Å². The van der Waals surface area contributed by atoms with Crippen LogP contribution in [0, 0.1) is 0 Å². The zero-order chi connectivity index (χ0) is 17.8. The maximum atomic E-state index is 11.6. The van der Waals surface area contributed by atoms with E-state index in [2.05, 4.69) is 25.3 Å². The number of nitrogens with one attached hydrogen (secondary N) is 1. The molecule has 3 heterocycles. The van der Waals surface area contributed by atoms with Crippen molar-refractivity contribution in [1.29, 1.82) is 0 Å². The third-order valence-corrected chi connectivity index (χ3v) is 4.46. The zero-order valence-electron chi connectivity index (χ0n) is 15.0. The molecule has 0 aliphatic carbocycles. The highest BCUT2D eigenvalue weighted by Gasteiger charge is 2.24. The maximum absolute atomic E-state index is 11.6. The molecular formula is C17H25N7O. The molecule has 134 valence electrons. The largest absolute Gasteiger partial charge is 0.363 e. The van der Waals surface area contributed by atoms with Gasteiger partial charge in [-0.3, -0.25) is 4.79 Å². The van der Waals surface area contributed by atoms with Crippen LogP contribution in [0.4, 0.5) is 17.6 Å². The van der Waals surface area contributed by atoms with E-state index in [1.807, 2.05) is 31.1 Å². The summed E-state index contributed by atoms with van der Waals surface area (Å²) in [6, 6.07) is 5.56. The van der Waals surface area contributed by atoms with Crippen molar-refractivity contribution in [2.24, 2.45) is 7.05 Å². The van der Waals surface area contributed by atoms with Gasteiger partial charge in [-0.15, -0.1) is 0 Å². The summed E-state index contributed by atoms with van der Waals surface area (Å²) in [5.74, 6) is 2.35. The normalized spacial score (nSPS) is 17.4. The lowest BCUT2D eigenvalue weighted by atomic mass is 10.0. The van der Waals surface area contributed by atoms with Gasteiger partial charge in [0.1, 0.15) is 11.6 Å². The molecule has 1 N–H and O–H groups in total. The first-order chi connectivity index (χ1) is 12.0. The van der Waals surface area contributed by atoms with E-state index in [9.17, 15) is 4.79 Å². The topological polar surface area (TPSA) is 79.2 Å². The quantitative estimate of drug-likeness (QED) is 0.871. The van der Waals surface area contributed by atoms with Crippen LogP contribution in [0.15, 0.2) is 29.2 Å². The smallest absolute Gasteiger partial charge is 0.266 e. The number of rotatable bonds is 5. The Kier molecular flexibility index (Phi) is 5.16. The van der Waals surface area contributed by atoms with Crippen LogP contribution < -0.4 is 20.7 Å². The predicted molar refractivity (Wildman–Crippen MR) is 99.3 cm³/mol. The van der Waals surface area contributed by atoms with Crippen LogP contribution in [0.1, 0.15) is 19.3 Å². The molecule has 1 aliphatic heterocycles. The van der Waals surface area contributed by atoms with Gasteiger partial charge in [-0.05, 0) is 31.4 Å². The predicted octanol–water partition coefficient (Wildman–Crippen LogP) is 1.11. The summed E-state index contributed by atoms with van der Waals surface area (Å²) in [4.78, 5) is 24.6. The molecule has 25 heavy (non-hydrogen) atoms. The molecule has 3 rings (SSSR count). The number of aryl methyl sites for hydroxylation is 1. The minimum atomic E-state index is -0.0932. The molecule has 0 aromatic carbocycles. The van der Waals surface area contributed by atoms with Crippen LogP contribution in [0.3, 0.4) is 0 Å². The van der Waals surface area contributed by atoms with Gasteiger partial charge in [0.15, 0.2) is 0 Å². The fourth-order valence-corrected chi connectivity index (χ4v) is 3.05. The number of aromatic nitrogens is 4. The molecule has 0 radical (unpaired) electrons. The highest BCUT2D eigenvalue weighted by molar-refractivity contribution is 5.42. The fraction of sp³-hybridized carbons (Fsp3) is 0.529. The molecule has 2 aromatic heterocycles. The first-order valence-corrected chi connectivity index (χ1v) is 8.60. The van der Waals surface area contributed by atoms with Crippen molar-refractivity contribution >= 4 is 17.6 Å². The number of nitrogens with zero attached hydrogens (tertiary/aromatic N) is 6. The number of piperidine rings is 1. The van der Waals surface area contributed by atoms with E-state index in [0.29, 0.717) is 12.0 Å². The molecule has 1 unspecified atom stereocenters. The van der Waals surface area contributed by atoms with Crippen molar-refractivity contribution < 1.29 is 0 Å². The van der Waals surface area contributed by atoms with Crippen LogP contribution in [0.5, 0.6) is 0 Å². The molecule has 0 saturated carbocycles. The Balaban J connectivity index is 1.72. The van der Waals surface area contributed by atoms with E-state index in [1.54, 1.807) is 19.3 Å². The van der Waals surface area contributed by atoms with Crippen LogP contribution in [-0.2, 0) is 7.05 Å². The van der Waals surface area contributed by atoms with Gasteiger partial charge in [0.2, 0.25) is 5.95 Å². The van der Waals surface area contributed by atoms with Crippen LogP contribution in [0.2, 0.25) is 0 Å². The fourth-order valence-electron chi connectivity index (χ4n) is 3.05. The summed E-state index contributed by atoms with van der Waals surface area (Å²) >= 11 is 0. The lowest BCUT2D eigenvalue weighted by Crippen LogP contribution is -2.45. The second-order valence-electron chi connectivity index (χ2n) is 6.51. The van der Waals surface area contributed by atoms with E-state index in [0.717, 1.165) is 37.6 Å². The number of anilines is 3. The highest BCUT2D eigenvalue weighted by atomic mass is 16.1. The van der Waals surface area contributed by atoms with E-state index >= 15 is 0 Å². The van der Waals surface area contributed by atoms with Gasteiger partial charge < -0.3 is 15.1 Å². The van der Waals surface area contributed by atoms with Gasteiger partial charge >= 0.3 is 0 Å². The second kappa shape index (κ2) is 7.50. The molecule has 0 spiro atoms. The Bertz CT molecular complexity index is 774. The number of hydrogen-bond acceptors (Lipinski definition) is 7. The highest BCUT2D eigenvalue weighted by Crippen LogP contribution is 2.22. The van der Waals surface area contributed by atoms with Gasteiger partial charge in [-0.1, -0.05) is 0 Å². The molecule has 0 bridgehead atoms. The summed E-state index contributed by atoms with van der Waals surface area (Å²) in [6.07, 6.45) is 5.16. The minimum absolute atomic E-state index is 0.0932. The second-order valence-corrected chi connectivity index (χ2v) is 6.51. The van der Waals surface area contributed by atoms with Gasteiger partial charge in [0.05, 0.1) is 0 Å². The summed E-state index contributed by atoms with van der Waals surface area (Å²) in [5, 5.41) is 7.75. The molecule has 8 nitrogen and oxygen atoms in total. The average Bonchev–Trinajstić information content (AvgIpc) is 2.63. The minimum Gasteiger partial charge on any atom is -0.363 e. The van der Waals surface area contributed by atoms with Crippen LogP contribution >= 0.6 is 0 Å². The summed E-state index contributed by atoms with van der Waals surface area (Å²) in [5.41, 5.74) is -0.0932. The van der Waals surface area contributed by atoms with Crippen molar-refractivity contribution in [2.75, 3.05) is 42.3 Å². The molecule has 0 amide bonds. The third kappa shape index (κ3) is 4.07. The average molecular weight is 343 g/mol. The SMILES string of the molecule is CN(C)c1ccnc(NCC2CCCCN2c2ccc(=O)n(C)n2)n1. The van der Waals surface area contributed by atoms with Crippen molar-refractivity contribution in [3.63, 3.8) is 0 Å². The maximum Gasteiger partial charge on any atom is 0.266 e. The zero-order valence-corrected chi connectivity index (χ0v) is 15.0. The molecule has 1 saturated heterocycles. The third-order valence-electron chi connectivity index (χ3n) is 4.46. The van der Waals surface area contributed by atoms with E-state index in [-0.39, 0.29) is 5.56 Å². The monoisotopic (exact) mass is 343 g/mol. The Labute approximate surface area is 147 Å². The first-order valence-electron chi connectivity index (χ1n) is 8.60. The first kappa shape index (κ1) is 17.2. The Hall–Kier alpha value is -2.64. The lowest BCUT2D eigenvalue weighted by Gasteiger charge is -2.36. The van der Waals surface area contributed by atoms with Crippen molar-refractivity contribution in [3.8, 4) is 0 Å². The van der Waals surface area contributed by atoms with Gasteiger partial charge in [-0.25, -0.2) is 9.67 Å². The Morgan fingerprint density at radius 1 is 1.28 bits per heavy atom. The number of hydrogen-bond donors (Lipinski definition) is 1. The molecule has 2 aromatic rings. The van der Waals surface area contributed by atoms with E-state index < -0.39 is 0 Å². The van der Waals surface area contributed by atoms with Crippen molar-refractivity contribution in [1.82, 2.24) is 19.7 Å². The van der Waals surface area contributed by atoms with Crippen LogP contribution in [-0.4, -0.2) is 53.0 Å². The Morgan fingerprint density at radius 3 is 2.88 bits per heavy atom. The molecule has 1 aliphatic rings. The Morgan fingerprint density at radius 2 is 2.12 bits per heavy atom. The lowest BCUT2D eigenvalue weighted by molar-refractivity contribution is 0.464. The van der Waals surface area contributed by atoms with Gasteiger partial charge in [0.25, 0.3) is 5.56 Å². The van der Waals surface area contributed by atoms with Crippen molar-refractivity contribution in [3.05, 3.63) is 34.7 Å².